The quantitative estimate of drug-likeness (QED) is 0.349. The summed E-state index contributed by atoms with van der Waals surface area (Å²) in [5.41, 5.74) is 0. The van der Waals surface area contributed by atoms with Crippen molar-refractivity contribution in [2.24, 2.45) is 0 Å². The van der Waals surface area contributed by atoms with Gasteiger partial charge in [-0.25, -0.2) is 0 Å². The topological polar surface area (TPSA) is 0 Å². The van der Waals surface area contributed by atoms with E-state index >= 15 is 0 Å². The molecule has 0 aliphatic rings. The van der Waals surface area contributed by atoms with Crippen LogP contribution in [-0.2, 0) is 0 Å². The van der Waals surface area contributed by atoms with Gasteiger partial charge in [0.2, 0.25) is 0 Å². The van der Waals surface area contributed by atoms with E-state index in [1.165, 1.54) is 22.7 Å². The van der Waals surface area contributed by atoms with Crippen LogP contribution in [0.1, 0.15) is 0 Å². The molecule has 0 nitrogen and oxygen atoms in total. The summed E-state index contributed by atoms with van der Waals surface area (Å²) < 4.78 is 7.76. The molecule has 0 saturated carbocycles. The molecule has 4 rings (SSSR count). The van der Waals surface area contributed by atoms with Gasteiger partial charge in [0, 0.05) is 0 Å². The molecule has 2 heterocycles. The molecule has 0 saturated heterocycles. The van der Waals surface area contributed by atoms with Crippen molar-refractivity contribution in [3.8, 4) is 0 Å². The van der Waals surface area contributed by atoms with E-state index in [-0.39, 0.29) is 41.8 Å². The fourth-order valence-corrected chi connectivity index (χ4v) is 18.4. The zero-order valence-corrected chi connectivity index (χ0v) is 17.4. The number of hydrogen-bond acceptors (Lipinski definition) is 2. The molecular formula is C17H12S2Te2. The van der Waals surface area contributed by atoms with Gasteiger partial charge in [-0.05, 0) is 0 Å². The fourth-order valence-electron chi connectivity index (χ4n) is 2.20. The predicted molar refractivity (Wildman–Crippen MR) is 99.2 cm³/mol. The second-order valence-electron chi connectivity index (χ2n) is 4.61. The van der Waals surface area contributed by atoms with Crippen LogP contribution in [0, 0.1) is 0 Å². The maximum atomic E-state index is 2.43. The molecular weight excluding hydrogens is 524 g/mol. The van der Waals surface area contributed by atoms with E-state index in [1.54, 1.807) is 5.85 Å². The Labute approximate surface area is 152 Å². The van der Waals surface area contributed by atoms with Crippen LogP contribution in [0.25, 0.3) is 20.2 Å². The Kier molecular flexibility index (Phi) is 4.56. The summed E-state index contributed by atoms with van der Waals surface area (Å²) >= 11 is 4.07. The van der Waals surface area contributed by atoms with Gasteiger partial charge in [0.15, 0.2) is 0 Å². The van der Waals surface area contributed by atoms with Crippen molar-refractivity contribution >= 4 is 90.5 Å². The van der Waals surface area contributed by atoms with Crippen molar-refractivity contribution in [3.63, 3.8) is 0 Å². The van der Waals surface area contributed by atoms with Gasteiger partial charge in [0.1, 0.15) is 0 Å². The van der Waals surface area contributed by atoms with Crippen LogP contribution in [0.15, 0.2) is 60.7 Å². The van der Waals surface area contributed by atoms with Gasteiger partial charge < -0.3 is 0 Å². The Bertz CT molecular complexity index is 752. The van der Waals surface area contributed by atoms with Crippen LogP contribution < -0.4 is 5.85 Å². The van der Waals surface area contributed by atoms with Gasteiger partial charge in [0.05, 0.1) is 0 Å². The molecule has 2 aromatic heterocycles. The molecule has 21 heavy (non-hydrogen) atoms. The second-order valence-corrected chi connectivity index (χ2v) is 17.7. The first-order valence-electron chi connectivity index (χ1n) is 6.61. The molecule has 104 valence electrons. The van der Waals surface area contributed by atoms with Gasteiger partial charge in [-0.3, -0.25) is 0 Å². The molecule has 0 unspecified atom stereocenters. The Hall–Kier alpha value is -0.0608. The van der Waals surface area contributed by atoms with E-state index in [2.05, 4.69) is 60.7 Å². The third kappa shape index (κ3) is 3.32. The van der Waals surface area contributed by atoms with E-state index in [1.807, 2.05) is 22.7 Å². The van der Waals surface area contributed by atoms with E-state index < -0.39 is 0 Å². The molecule has 0 N–H and O–H groups in total. The first kappa shape index (κ1) is 14.5. The van der Waals surface area contributed by atoms with E-state index in [0.717, 1.165) is 0 Å². The van der Waals surface area contributed by atoms with Crippen molar-refractivity contribution in [2.75, 3.05) is 0 Å². The van der Waals surface area contributed by atoms with E-state index in [9.17, 15) is 0 Å². The summed E-state index contributed by atoms with van der Waals surface area (Å²) in [6.07, 6.45) is 0. The second kappa shape index (κ2) is 6.59. The van der Waals surface area contributed by atoms with Crippen LogP contribution in [0.5, 0.6) is 0 Å². The monoisotopic (exact) mass is 540 g/mol. The minimum atomic E-state index is 0.0166. The van der Waals surface area contributed by atoms with Crippen molar-refractivity contribution in [2.45, 2.75) is 2.52 Å². The average Bonchev–Trinajstić information content (AvgIpc) is 3.09. The zero-order valence-electron chi connectivity index (χ0n) is 11.1. The number of rotatable bonds is 4. The molecule has 0 atom stereocenters. The third-order valence-corrected chi connectivity index (χ3v) is 15.5. The summed E-state index contributed by atoms with van der Waals surface area (Å²) in [6, 6.07) is 22.4. The van der Waals surface area contributed by atoms with Crippen LogP contribution in [0.4, 0.5) is 0 Å². The van der Waals surface area contributed by atoms with Crippen molar-refractivity contribution in [1.29, 1.82) is 0 Å². The van der Waals surface area contributed by atoms with Crippen LogP contribution in [0.3, 0.4) is 0 Å². The number of benzene rings is 2. The third-order valence-electron chi connectivity index (χ3n) is 3.21. The van der Waals surface area contributed by atoms with Crippen molar-refractivity contribution < 1.29 is 0 Å². The SMILES string of the molecule is c1ccc2sc([Te]C[Te]c3cc4ccccc4s3)cc2c1. The first-order valence-corrected chi connectivity index (χ1v) is 13.9. The Morgan fingerprint density at radius 2 is 1.14 bits per heavy atom. The standard InChI is InChI=1S/C17H12S2Te2/c1-3-7-14-12(5-1)9-16(18-14)20-11-21-17-10-13-6-2-4-8-15(13)19-17/h1-10H,11H2. The summed E-state index contributed by atoms with van der Waals surface area (Å²) in [6.45, 7) is 0. The van der Waals surface area contributed by atoms with Gasteiger partial charge >= 0.3 is 154 Å². The van der Waals surface area contributed by atoms with Gasteiger partial charge in [-0.1, -0.05) is 0 Å². The molecule has 0 aliphatic heterocycles. The predicted octanol–water partition coefficient (Wildman–Crippen LogP) is 3.85. The zero-order chi connectivity index (χ0) is 14.1. The minimum absolute atomic E-state index is 0.0166. The van der Waals surface area contributed by atoms with Crippen LogP contribution in [0.2, 0.25) is 2.52 Å². The Balaban J connectivity index is 1.44. The van der Waals surface area contributed by atoms with Crippen LogP contribution >= 0.6 is 22.7 Å². The Morgan fingerprint density at radius 1 is 0.667 bits per heavy atom. The molecule has 4 heteroatoms. The molecule has 0 aliphatic carbocycles. The fraction of sp³-hybridized carbons (Fsp3) is 0.0588. The normalized spacial score (nSPS) is 11.4. The molecule has 0 amide bonds. The van der Waals surface area contributed by atoms with E-state index in [0.29, 0.717) is 0 Å². The summed E-state index contributed by atoms with van der Waals surface area (Å²) in [7, 11) is 0. The molecule has 4 aromatic rings. The molecule has 2 aromatic carbocycles. The van der Waals surface area contributed by atoms with Gasteiger partial charge in [-0.15, -0.1) is 0 Å². The number of thiophene rings is 2. The van der Waals surface area contributed by atoms with Crippen LogP contribution in [-0.4, -0.2) is 41.8 Å². The summed E-state index contributed by atoms with van der Waals surface area (Å²) in [5, 5.41) is 2.87. The van der Waals surface area contributed by atoms with Gasteiger partial charge in [-0.2, -0.15) is 0 Å². The Morgan fingerprint density at radius 3 is 1.62 bits per heavy atom. The van der Waals surface area contributed by atoms with Gasteiger partial charge in [0.25, 0.3) is 0 Å². The first-order chi connectivity index (χ1) is 10.4. The average molecular weight is 536 g/mol. The molecule has 0 bridgehead atoms. The van der Waals surface area contributed by atoms with Crippen molar-refractivity contribution in [1.82, 2.24) is 0 Å². The van der Waals surface area contributed by atoms with Crippen molar-refractivity contribution in [3.05, 3.63) is 60.7 Å². The molecule has 0 radical (unpaired) electrons. The summed E-state index contributed by atoms with van der Waals surface area (Å²) in [5.74, 6) is 0. The molecule has 0 spiro atoms. The molecule has 0 fully saturated rings. The maximum absolute atomic E-state index is 2.43. The number of fused-ring (bicyclic) bond motifs is 2. The summed E-state index contributed by atoms with van der Waals surface area (Å²) in [4.78, 5) is 0. The van der Waals surface area contributed by atoms with E-state index in [4.69, 9.17) is 0 Å². The number of hydrogen-bond donors (Lipinski definition) is 0.